The van der Waals surface area contributed by atoms with Gasteiger partial charge < -0.3 is 15.4 Å². The van der Waals surface area contributed by atoms with Crippen LogP contribution in [0.15, 0.2) is 60.1 Å². The predicted octanol–water partition coefficient (Wildman–Crippen LogP) is 4.93. The van der Waals surface area contributed by atoms with Crippen molar-refractivity contribution in [3.05, 3.63) is 65.0 Å². The maximum Gasteiger partial charge on any atom is 0.265 e. The second-order valence-corrected chi connectivity index (χ2v) is 6.60. The standard InChI is InChI=1S/C19H19N3O2S/c1-13(2)24-16-7-4-3-6-15(16)22-18-10-9-14(12-20-18)21-19(23)17-8-5-11-25-17/h3-13H,1-2H3,(H,20,22)(H,21,23). The first-order valence-electron chi connectivity index (χ1n) is 7.95. The minimum atomic E-state index is -0.131. The van der Waals surface area contributed by atoms with Crippen LogP contribution in [0.1, 0.15) is 23.5 Å². The summed E-state index contributed by atoms with van der Waals surface area (Å²) in [4.78, 5) is 17.1. The van der Waals surface area contributed by atoms with Crippen molar-refractivity contribution < 1.29 is 9.53 Å². The molecule has 2 aromatic heterocycles. The smallest absolute Gasteiger partial charge is 0.265 e. The predicted molar refractivity (Wildman–Crippen MR) is 102 cm³/mol. The van der Waals surface area contributed by atoms with Crippen molar-refractivity contribution in [1.29, 1.82) is 0 Å². The van der Waals surface area contributed by atoms with Gasteiger partial charge in [-0.3, -0.25) is 4.79 Å². The van der Waals surface area contributed by atoms with E-state index in [1.165, 1.54) is 11.3 Å². The van der Waals surface area contributed by atoms with Gasteiger partial charge in [-0.05, 0) is 49.6 Å². The molecule has 0 unspecified atom stereocenters. The number of ether oxygens (including phenoxy) is 1. The van der Waals surface area contributed by atoms with Crippen molar-refractivity contribution in [3.63, 3.8) is 0 Å². The Kier molecular flexibility index (Phi) is 5.30. The maximum atomic E-state index is 12.0. The number of hydrogen-bond acceptors (Lipinski definition) is 5. The quantitative estimate of drug-likeness (QED) is 0.660. The van der Waals surface area contributed by atoms with E-state index < -0.39 is 0 Å². The lowest BCUT2D eigenvalue weighted by atomic mass is 10.3. The molecule has 0 aliphatic heterocycles. The Morgan fingerprint density at radius 1 is 1.12 bits per heavy atom. The lowest BCUT2D eigenvalue weighted by Crippen LogP contribution is -2.10. The highest BCUT2D eigenvalue weighted by atomic mass is 32.1. The summed E-state index contributed by atoms with van der Waals surface area (Å²) in [7, 11) is 0. The molecule has 0 radical (unpaired) electrons. The molecule has 0 saturated carbocycles. The SMILES string of the molecule is CC(C)Oc1ccccc1Nc1ccc(NC(=O)c2cccs2)cn1. The van der Waals surface area contributed by atoms with Gasteiger partial charge in [-0.1, -0.05) is 18.2 Å². The highest BCUT2D eigenvalue weighted by molar-refractivity contribution is 7.12. The Labute approximate surface area is 150 Å². The van der Waals surface area contributed by atoms with Crippen molar-refractivity contribution in [1.82, 2.24) is 4.98 Å². The number of nitrogens with zero attached hydrogens (tertiary/aromatic N) is 1. The van der Waals surface area contributed by atoms with Crippen LogP contribution in [0.4, 0.5) is 17.2 Å². The average Bonchev–Trinajstić information content (AvgIpc) is 3.13. The molecule has 1 aromatic carbocycles. The van der Waals surface area contributed by atoms with Crippen LogP contribution < -0.4 is 15.4 Å². The third-order valence-corrected chi connectivity index (χ3v) is 4.15. The summed E-state index contributed by atoms with van der Waals surface area (Å²) in [5.41, 5.74) is 1.50. The second kappa shape index (κ2) is 7.81. The number of para-hydroxylation sites is 2. The zero-order valence-electron chi connectivity index (χ0n) is 14.0. The number of carbonyl (C=O) groups is 1. The highest BCUT2D eigenvalue weighted by Gasteiger charge is 2.08. The molecule has 5 nitrogen and oxygen atoms in total. The number of anilines is 3. The molecule has 128 valence electrons. The fourth-order valence-corrected chi connectivity index (χ4v) is 2.83. The van der Waals surface area contributed by atoms with E-state index in [-0.39, 0.29) is 12.0 Å². The van der Waals surface area contributed by atoms with Gasteiger partial charge in [-0.2, -0.15) is 0 Å². The van der Waals surface area contributed by atoms with Crippen molar-refractivity contribution in [3.8, 4) is 5.75 Å². The largest absolute Gasteiger partial charge is 0.489 e. The third-order valence-electron chi connectivity index (χ3n) is 3.28. The van der Waals surface area contributed by atoms with Crippen molar-refractivity contribution in [2.45, 2.75) is 20.0 Å². The molecule has 0 atom stereocenters. The normalized spacial score (nSPS) is 10.5. The van der Waals surface area contributed by atoms with E-state index in [0.29, 0.717) is 16.4 Å². The first-order chi connectivity index (χ1) is 12.1. The average molecular weight is 353 g/mol. The molecule has 1 amide bonds. The number of pyridine rings is 1. The van der Waals surface area contributed by atoms with Gasteiger partial charge in [0.05, 0.1) is 28.6 Å². The van der Waals surface area contributed by atoms with Crippen LogP contribution in [0.5, 0.6) is 5.75 Å². The Morgan fingerprint density at radius 2 is 1.96 bits per heavy atom. The lowest BCUT2D eigenvalue weighted by molar-refractivity contribution is 0.103. The first-order valence-corrected chi connectivity index (χ1v) is 8.83. The summed E-state index contributed by atoms with van der Waals surface area (Å²) in [6, 6.07) is 15.0. The summed E-state index contributed by atoms with van der Waals surface area (Å²) in [5.74, 6) is 1.32. The van der Waals surface area contributed by atoms with E-state index in [2.05, 4.69) is 15.6 Å². The molecule has 0 fully saturated rings. The van der Waals surface area contributed by atoms with E-state index in [1.807, 2.05) is 61.7 Å². The van der Waals surface area contributed by atoms with Crippen LogP contribution >= 0.6 is 11.3 Å². The molecule has 3 rings (SSSR count). The zero-order chi connectivity index (χ0) is 17.6. The topological polar surface area (TPSA) is 63.2 Å². The number of rotatable bonds is 6. The lowest BCUT2D eigenvalue weighted by Gasteiger charge is -2.15. The van der Waals surface area contributed by atoms with Crippen LogP contribution in [0.2, 0.25) is 0 Å². The number of aromatic nitrogens is 1. The van der Waals surface area contributed by atoms with E-state index in [1.54, 1.807) is 12.3 Å². The van der Waals surface area contributed by atoms with Crippen LogP contribution in [-0.2, 0) is 0 Å². The summed E-state index contributed by atoms with van der Waals surface area (Å²) in [6.45, 7) is 3.97. The van der Waals surface area contributed by atoms with Crippen molar-refractivity contribution in [2.75, 3.05) is 10.6 Å². The number of thiophene rings is 1. The van der Waals surface area contributed by atoms with Crippen LogP contribution in [0.25, 0.3) is 0 Å². The summed E-state index contributed by atoms with van der Waals surface area (Å²) in [6.07, 6.45) is 1.71. The Bertz CT molecular complexity index is 830. The number of benzene rings is 1. The molecule has 6 heteroatoms. The van der Waals surface area contributed by atoms with E-state index in [9.17, 15) is 4.79 Å². The third kappa shape index (κ3) is 4.58. The Morgan fingerprint density at radius 3 is 2.64 bits per heavy atom. The second-order valence-electron chi connectivity index (χ2n) is 5.65. The Hall–Kier alpha value is -2.86. The molecule has 0 aliphatic rings. The maximum absolute atomic E-state index is 12.0. The monoisotopic (exact) mass is 353 g/mol. The van der Waals surface area contributed by atoms with Gasteiger partial charge in [-0.15, -0.1) is 11.3 Å². The van der Waals surface area contributed by atoms with Crippen molar-refractivity contribution >= 4 is 34.4 Å². The van der Waals surface area contributed by atoms with Gasteiger partial charge in [0.25, 0.3) is 5.91 Å². The van der Waals surface area contributed by atoms with Crippen LogP contribution in [0.3, 0.4) is 0 Å². The molecule has 0 spiro atoms. The van der Waals surface area contributed by atoms with Gasteiger partial charge in [-0.25, -0.2) is 4.98 Å². The molecular weight excluding hydrogens is 334 g/mol. The molecule has 0 saturated heterocycles. The van der Waals surface area contributed by atoms with Crippen LogP contribution in [0, 0.1) is 0 Å². The number of carbonyl (C=O) groups excluding carboxylic acids is 1. The molecule has 0 bridgehead atoms. The number of nitrogens with one attached hydrogen (secondary N) is 2. The molecular formula is C19H19N3O2S. The molecule has 0 aliphatic carbocycles. The van der Waals surface area contributed by atoms with Gasteiger partial charge >= 0.3 is 0 Å². The number of amides is 1. The van der Waals surface area contributed by atoms with E-state index in [4.69, 9.17) is 4.74 Å². The van der Waals surface area contributed by atoms with Gasteiger partial charge in [0, 0.05) is 0 Å². The van der Waals surface area contributed by atoms with Crippen molar-refractivity contribution in [2.24, 2.45) is 0 Å². The van der Waals surface area contributed by atoms with Gasteiger partial charge in [0.2, 0.25) is 0 Å². The summed E-state index contributed by atoms with van der Waals surface area (Å²) >= 11 is 1.40. The molecule has 2 heterocycles. The summed E-state index contributed by atoms with van der Waals surface area (Å²) in [5, 5.41) is 7.94. The molecule has 3 aromatic rings. The van der Waals surface area contributed by atoms with E-state index in [0.717, 1.165) is 11.4 Å². The van der Waals surface area contributed by atoms with Crippen LogP contribution in [-0.4, -0.2) is 17.0 Å². The van der Waals surface area contributed by atoms with E-state index >= 15 is 0 Å². The minimum absolute atomic E-state index is 0.0887. The fourth-order valence-electron chi connectivity index (χ4n) is 2.21. The molecule has 25 heavy (non-hydrogen) atoms. The highest BCUT2D eigenvalue weighted by Crippen LogP contribution is 2.27. The fraction of sp³-hybridized carbons (Fsp3) is 0.158. The first kappa shape index (κ1) is 17.0. The van der Waals surface area contributed by atoms with Gasteiger partial charge in [0.1, 0.15) is 11.6 Å². The molecule has 2 N–H and O–H groups in total. The summed E-state index contributed by atoms with van der Waals surface area (Å²) < 4.78 is 5.79. The zero-order valence-corrected chi connectivity index (χ0v) is 14.8. The number of hydrogen-bond donors (Lipinski definition) is 2. The minimum Gasteiger partial charge on any atom is -0.489 e. The van der Waals surface area contributed by atoms with Gasteiger partial charge in [0.15, 0.2) is 0 Å². The Balaban J connectivity index is 1.68.